The molecule has 196 valence electrons. The summed E-state index contributed by atoms with van der Waals surface area (Å²) in [6.45, 7) is 18.1. The number of amides is 1. The molecule has 1 heterocycles. The highest BCUT2D eigenvalue weighted by molar-refractivity contribution is 5.89. The minimum atomic E-state index is -0.284. The molecule has 5 heteroatoms. The van der Waals surface area contributed by atoms with E-state index in [0.29, 0.717) is 23.4 Å². The fourth-order valence-corrected chi connectivity index (χ4v) is 5.69. The molecule has 1 amide bonds. The van der Waals surface area contributed by atoms with E-state index in [2.05, 4.69) is 51.8 Å². The molecule has 1 saturated carbocycles. The van der Waals surface area contributed by atoms with Crippen molar-refractivity contribution in [2.24, 2.45) is 16.7 Å². The number of esters is 1. The van der Waals surface area contributed by atoms with Crippen molar-refractivity contribution in [3.05, 3.63) is 35.4 Å². The van der Waals surface area contributed by atoms with Gasteiger partial charge in [-0.3, -0.25) is 10.1 Å². The molecule has 0 radical (unpaired) electrons. The summed E-state index contributed by atoms with van der Waals surface area (Å²) in [6, 6.07) is 7.77. The van der Waals surface area contributed by atoms with Crippen LogP contribution in [-0.2, 0) is 9.53 Å². The molecule has 3 rings (SSSR count). The van der Waals surface area contributed by atoms with Crippen LogP contribution >= 0.6 is 0 Å². The highest BCUT2D eigenvalue weighted by Gasteiger charge is 2.51. The number of carbonyl (C=O) groups excluding carboxylic acids is 2. The van der Waals surface area contributed by atoms with Gasteiger partial charge in [0.2, 0.25) is 5.91 Å². The first-order valence-electron chi connectivity index (χ1n) is 13.6. The van der Waals surface area contributed by atoms with Gasteiger partial charge in [-0.25, -0.2) is 4.79 Å². The van der Waals surface area contributed by atoms with E-state index in [1.807, 2.05) is 38.1 Å². The number of ether oxygens (including phenoxy) is 1. The Morgan fingerprint density at radius 3 is 2.23 bits per heavy atom. The normalized spacial score (nSPS) is 25.1. The van der Waals surface area contributed by atoms with Crippen LogP contribution in [0, 0.1) is 16.7 Å². The Morgan fingerprint density at radius 2 is 1.71 bits per heavy atom. The minimum Gasteiger partial charge on any atom is -0.459 e. The summed E-state index contributed by atoms with van der Waals surface area (Å²) in [5, 5.41) is 3.65. The van der Waals surface area contributed by atoms with Gasteiger partial charge in [-0.2, -0.15) is 0 Å². The van der Waals surface area contributed by atoms with E-state index in [4.69, 9.17) is 4.74 Å². The van der Waals surface area contributed by atoms with E-state index in [-0.39, 0.29) is 35.1 Å². The van der Waals surface area contributed by atoms with Crippen LogP contribution in [0.25, 0.3) is 0 Å². The second-order valence-corrected chi connectivity index (χ2v) is 13.2. The Labute approximate surface area is 213 Å². The smallest absolute Gasteiger partial charge is 0.338 e. The molecule has 0 aromatic heterocycles. The number of rotatable bonds is 7. The number of carbonyl (C=O) groups is 2. The van der Waals surface area contributed by atoms with Gasteiger partial charge in [-0.1, -0.05) is 60.6 Å². The van der Waals surface area contributed by atoms with Gasteiger partial charge in [0.15, 0.2) is 0 Å². The Bertz CT molecular complexity index is 870. The van der Waals surface area contributed by atoms with Crippen molar-refractivity contribution >= 4 is 11.9 Å². The molecule has 2 atom stereocenters. The molecule has 35 heavy (non-hydrogen) atoms. The zero-order chi connectivity index (χ0) is 26.0. The quantitative estimate of drug-likeness (QED) is 0.429. The fourth-order valence-electron chi connectivity index (χ4n) is 5.69. The summed E-state index contributed by atoms with van der Waals surface area (Å²) in [4.78, 5) is 28.1. The maximum atomic E-state index is 13.4. The van der Waals surface area contributed by atoms with E-state index < -0.39 is 0 Å². The number of benzene rings is 1. The lowest BCUT2D eigenvalue weighted by Gasteiger charge is -2.49. The first-order valence-corrected chi connectivity index (χ1v) is 13.6. The lowest BCUT2D eigenvalue weighted by atomic mass is 9.69. The fraction of sp³-hybridized carbons (Fsp3) is 0.733. The van der Waals surface area contributed by atoms with Crippen LogP contribution in [0.3, 0.4) is 0 Å². The third-order valence-electron chi connectivity index (χ3n) is 8.23. The Morgan fingerprint density at radius 1 is 1.11 bits per heavy atom. The Kier molecular flexibility index (Phi) is 8.41. The van der Waals surface area contributed by atoms with E-state index in [0.717, 1.165) is 50.5 Å². The average molecular weight is 485 g/mol. The predicted molar refractivity (Wildman–Crippen MR) is 142 cm³/mol. The molecule has 1 aromatic carbocycles. The molecule has 1 aromatic rings. The van der Waals surface area contributed by atoms with Crippen LogP contribution in [0.4, 0.5) is 0 Å². The third-order valence-corrected chi connectivity index (χ3v) is 8.23. The maximum absolute atomic E-state index is 13.4. The van der Waals surface area contributed by atoms with Gasteiger partial charge in [0.1, 0.15) is 0 Å². The van der Waals surface area contributed by atoms with Gasteiger partial charge in [-0.05, 0) is 86.3 Å². The van der Waals surface area contributed by atoms with Gasteiger partial charge >= 0.3 is 5.97 Å². The SMILES string of the molecule is CCC(C)OC(=O)c1ccc(C(CCC(C)(C)C)N2C(=O)CNC23CCC(C(C)(C)C)CC3)cc1. The molecule has 2 aliphatic rings. The third kappa shape index (κ3) is 6.67. The van der Waals surface area contributed by atoms with Crippen molar-refractivity contribution in [2.45, 2.75) is 118 Å². The van der Waals surface area contributed by atoms with Gasteiger partial charge < -0.3 is 9.64 Å². The lowest BCUT2D eigenvalue weighted by molar-refractivity contribution is -0.136. The highest BCUT2D eigenvalue weighted by atomic mass is 16.5. The zero-order valence-corrected chi connectivity index (χ0v) is 23.4. The Balaban J connectivity index is 1.88. The molecule has 0 bridgehead atoms. The van der Waals surface area contributed by atoms with E-state index in [1.54, 1.807) is 0 Å². The number of nitrogens with one attached hydrogen (secondary N) is 1. The predicted octanol–water partition coefficient (Wildman–Crippen LogP) is 6.87. The number of nitrogens with zero attached hydrogens (tertiary/aromatic N) is 1. The number of hydrogen-bond donors (Lipinski definition) is 1. The zero-order valence-electron chi connectivity index (χ0n) is 23.4. The van der Waals surface area contributed by atoms with Crippen LogP contribution in [0.1, 0.15) is 122 Å². The molecule has 5 nitrogen and oxygen atoms in total. The summed E-state index contributed by atoms with van der Waals surface area (Å²) in [7, 11) is 0. The van der Waals surface area contributed by atoms with Crippen LogP contribution in [0.15, 0.2) is 24.3 Å². The van der Waals surface area contributed by atoms with E-state index in [1.165, 1.54) is 0 Å². The molecular weight excluding hydrogens is 436 g/mol. The molecule has 1 aliphatic heterocycles. The van der Waals surface area contributed by atoms with Crippen molar-refractivity contribution in [2.75, 3.05) is 6.54 Å². The van der Waals surface area contributed by atoms with Crippen LogP contribution in [-0.4, -0.2) is 35.1 Å². The van der Waals surface area contributed by atoms with Crippen LogP contribution < -0.4 is 5.32 Å². The molecule has 1 N–H and O–H groups in total. The standard InChI is InChI=1S/C30H48N2O3/c1-9-21(2)35-27(34)23-12-10-22(11-13-23)25(16-17-28(3,4)5)32-26(33)20-31-30(32)18-14-24(15-19-30)29(6,7)8/h10-13,21,24-25,31H,9,14-20H2,1-8H3. The summed E-state index contributed by atoms with van der Waals surface area (Å²) in [5.74, 6) is 0.586. The summed E-state index contributed by atoms with van der Waals surface area (Å²) in [5.41, 5.74) is 1.86. The first-order chi connectivity index (χ1) is 16.3. The summed E-state index contributed by atoms with van der Waals surface area (Å²) in [6.07, 6.45) is 6.86. The molecule has 2 unspecified atom stereocenters. The monoisotopic (exact) mass is 484 g/mol. The van der Waals surface area contributed by atoms with Gasteiger partial charge in [0.05, 0.1) is 29.9 Å². The highest BCUT2D eigenvalue weighted by Crippen LogP contribution is 2.47. The van der Waals surface area contributed by atoms with Crippen LogP contribution in [0.2, 0.25) is 0 Å². The van der Waals surface area contributed by atoms with Crippen molar-refractivity contribution in [3.63, 3.8) is 0 Å². The second-order valence-electron chi connectivity index (χ2n) is 13.2. The summed E-state index contributed by atoms with van der Waals surface area (Å²) < 4.78 is 5.51. The van der Waals surface area contributed by atoms with Gasteiger partial charge in [-0.15, -0.1) is 0 Å². The average Bonchev–Trinajstić information content (AvgIpc) is 3.08. The molecule has 1 aliphatic carbocycles. The minimum absolute atomic E-state index is 0.0115. The van der Waals surface area contributed by atoms with Crippen molar-refractivity contribution in [1.29, 1.82) is 0 Å². The molecular formula is C30H48N2O3. The van der Waals surface area contributed by atoms with E-state index >= 15 is 0 Å². The van der Waals surface area contributed by atoms with Gasteiger partial charge in [0, 0.05) is 0 Å². The molecule has 1 saturated heterocycles. The van der Waals surface area contributed by atoms with Crippen LogP contribution in [0.5, 0.6) is 0 Å². The molecule has 2 fully saturated rings. The largest absolute Gasteiger partial charge is 0.459 e. The van der Waals surface area contributed by atoms with Gasteiger partial charge in [0.25, 0.3) is 0 Å². The Hall–Kier alpha value is -1.88. The van der Waals surface area contributed by atoms with Crippen molar-refractivity contribution in [3.8, 4) is 0 Å². The first kappa shape index (κ1) is 27.7. The topological polar surface area (TPSA) is 58.6 Å². The number of hydrogen-bond acceptors (Lipinski definition) is 4. The van der Waals surface area contributed by atoms with Crippen molar-refractivity contribution < 1.29 is 14.3 Å². The summed E-state index contributed by atoms with van der Waals surface area (Å²) >= 11 is 0. The molecule has 1 spiro atoms. The van der Waals surface area contributed by atoms with E-state index in [9.17, 15) is 9.59 Å². The van der Waals surface area contributed by atoms with Crippen molar-refractivity contribution in [1.82, 2.24) is 10.2 Å². The maximum Gasteiger partial charge on any atom is 0.338 e. The second kappa shape index (κ2) is 10.6. The lowest BCUT2D eigenvalue weighted by Crippen LogP contribution is -2.56.